The molecule has 0 saturated heterocycles. The quantitative estimate of drug-likeness (QED) is 0.173. The zero-order chi connectivity index (χ0) is 34.3. The van der Waals surface area contributed by atoms with Gasteiger partial charge in [0.25, 0.3) is 36.1 Å². The summed E-state index contributed by atoms with van der Waals surface area (Å²) in [5.41, 5.74) is 5.07. The first-order chi connectivity index (χ1) is 23.1. The highest BCUT2D eigenvalue weighted by Crippen LogP contribution is 2.33. The molecule has 2 aliphatic heterocycles. The lowest BCUT2D eigenvalue weighted by molar-refractivity contribution is -0.121. The van der Waals surface area contributed by atoms with Gasteiger partial charge < -0.3 is 9.47 Å². The topological polar surface area (TPSA) is 141 Å². The Kier molecular flexibility index (Phi) is 9.58. The van der Waals surface area contributed by atoms with Crippen LogP contribution in [-0.4, -0.2) is 23.6 Å². The number of nitrogens with zero attached hydrogens (tertiary/aromatic N) is 4. The predicted molar refractivity (Wildman–Crippen MR) is 176 cm³/mol. The molecule has 0 N–H and O–H groups in total. The van der Waals surface area contributed by atoms with Gasteiger partial charge in [-0.1, -0.05) is 62.4 Å². The van der Waals surface area contributed by atoms with Crippen LogP contribution in [0.3, 0.4) is 0 Å². The van der Waals surface area contributed by atoms with Crippen LogP contribution in [0.5, 0.6) is 11.5 Å². The third-order valence-corrected chi connectivity index (χ3v) is 7.89. The third-order valence-electron chi connectivity index (χ3n) is 7.89. The molecule has 0 aliphatic carbocycles. The lowest BCUT2D eigenvalue weighted by atomic mass is 9.78. The molecule has 0 unspecified atom stereocenters. The highest BCUT2D eigenvalue weighted by Gasteiger charge is 2.26. The van der Waals surface area contributed by atoms with Crippen molar-refractivity contribution in [1.29, 1.82) is 10.5 Å². The zero-order valence-electron chi connectivity index (χ0n) is 26.0. The standard InChI is InChI=1S/C21H14N2O4.C17H14N2O2/c24-18-9-10-19(25)22(18)16-5-1-14(2-6-16)13-15-3-7-17(8-4-15)23-20(26)11-12-21(23)27;1-17(2,13-3-7-15(8-4-13)20-11-18)14-5-9-16(10-6-14)21-12-19/h1-12H,13H2;3-10H,1-2H3. The molecule has 4 amide bonds. The van der Waals surface area contributed by atoms with E-state index in [1.54, 1.807) is 61.0 Å². The maximum absolute atomic E-state index is 11.7. The number of amides is 4. The van der Waals surface area contributed by atoms with Gasteiger partial charge >= 0.3 is 0 Å². The van der Waals surface area contributed by atoms with Gasteiger partial charge in [-0.25, -0.2) is 9.80 Å². The van der Waals surface area contributed by atoms with Gasteiger partial charge in [0.15, 0.2) is 0 Å². The smallest absolute Gasteiger partial charge is 0.292 e. The van der Waals surface area contributed by atoms with Crippen molar-refractivity contribution in [3.63, 3.8) is 0 Å². The molecule has 0 fully saturated rings. The summed E-state index contributed by atoms with van der Waals surface area (Å²) in [6.07, 6.45) is 8.96. The Balaban J connectivity index is 0.000000194. The molecule has 236 valence electrons. The number of carbonyl (C=O) groups excluding carboxylic acids is 4. The van der Waals surface area contributed by atoms with Crippen LogP contribution >= 0.6 is 0 Å². The number of carbonyl (C=O) groups is 4. The van der Waals surface area contributed by atoms with Crippen LogP contribution in [0.25, 0.3) is 0 Å². The summed E-state index contributed by atoms with van der Waals surface area (Å²) in [5, 5.41) is 17.0. The average molecular weight is 637 g/mol. The third kappa shape index (κ3) is 7.20. The summed E-state index contributed by atoms with van der Waals surface area (Å²) in [6, 6.07) is 29.2. The highest BCUT2D eigenvalue weighted by atomic mass is 16.5. The molecule has 2 aliphatic rings. The van der Waals surface area contributed by atoms with Gasteiger partial charge in [-0.15, -0.1) is 10.5 Å². The number of imide groups is 2. The van der Waals surface area contributed by atoms with E-state index in [9.17, 15) is 19.2 Å². The summed E-state index contributed by atoms with van der Waals surface area (Å²) in [4.78, 5) is 49.1. The number of ether oxygens (including phenoxy) is 2. The van der Waals surface area contributed by atoms with E-state index < -0.39 is 0 Å². The monoisotopic (exact) mass is 636 g/mol. The van der Waals surface area contributed by atoms with Crippen LogP contribution in [0, 0.1) is 23.0 Å². The normalized spacial score (nSPS) is 13.6. The zero-order valence-corrected chi connectivity index (χ0v) is 26.0. The van der Waals surface area contributed by atoms with Crippen molar-refractivity contribution < 1.29 is 28.7 Å². The largest absolute Gasteiger partial charge is 0.388 e. The maximum Gasteiger partial charge on any atom is 0.292 e. The van der Waals surface area contributed by atoms with E-state index in [2.05, 4.69) is 13.8 Å². The van der Waals surface area contributed by atoms with Crippen molar-refractivity contribution in [1.82, 2.24) is 0 Å². The number of hydrogen-bond acceptors (Lipinski definition) is 8. The van der Waals surface area contributed by atoms with Crippen LogP contribution in [-0.2, 0) is 31.0 Å². The van der Waals surface area contributed by atoms with Gasteiger partial charge in [-0.2, -0.15) is 0 Å². The van der Waals surface area contributed by atoms with E-state index >= 15 is 0 Å². The second-order valence-electron chi connectivity index (χ2n) is 11.3. The Bertz CT molecular complexity index is 1820. The Morgan fingerprint density at radius 1 is 0.521 bits per heavy atom. The summed E-state index contributed by atoms with van der Waals surface area (Å²) in [7, 11) is 0. The Morgan fingerprint density at radius 3 is 1.12 bits per heavy atom. The van der Waals surface area contributed by atoms with E-state index in [0.29, 0.717) is 29.3 Å². The second kappa shape index (κ2) is 14.1. The van der Waals surface area contributed by atoms with Gasteiger partial charge in [0.2, 0.25) is 0 Å². The highest BCUT2D eigenvalue weighted by molar-refractivity contribution is 6.28. The first kappa shape index (κ1) is 32.6. The van der Waals surface area contributed by atoms with Crippen molar-refractivity contribution in [2.45, 2.75) is 25.7 Å². The molecule has 0 atom stereocenters. The molecule has 0 aromatic heterocycles. The summed E-state index contributed by atoms with van der Waals surface area (Å²) < 4.78 is 9.56. The lowest BCUT2D eigenvalue weighted by Crippen LogP contribution is -2.29. The van der Waals surface area contributed by atoms with Gasteiger partial charge in [0.1, 0.15) is 11.5 Å². The molecule has 10 nitrogen and oxygen atoms in total. The Labute approximate surface area is 277 Å². The van der Waals surface area contributed by atoms with Gasteiger partial charge in [0.05, 0.1) is 11.4 Å². The number of hydrogen-bond donors (Lipinski definition) is 0. The molecule has 0 saturated carbocycles. The van der Waals surface area contributed by atoms with E-state index in [1.165, 1.54) is 24.3 Å². The molecule has 4 aromatic rings. The summed E-state index contributed by atoms with van der Waals surface area (Å²) in [5.74, 6) is -0.329. The van der Waals surface area contributed by atoms with E-state index in [-0.39, 0.29) is 29.0 Å². The van der Waals surface area contributed by atoms with Crippen LogP contribution in [0.4, 0.5) is 11.4 Å². The van der Waals surface area contributed by atoms with Crippen LogP contribution in [0.2, 0.25) is 0 Å². The number of rotatable bonds is 8. The van der Waals surface area contributed by atoms with Crippen molar-refractivity contribution in [2.24, 2.45) is 0 Å². The van der Waals surface area contributed by atoms with Gasteiger partial charge in [-0.05, 0) is 77.2 Å². The Morgan fingerprint density at radius 2 is 0.833 bits per heavy atom. The number of nitriles is 2. The van der Waals surface area contributed by atoms with Crippen molar-refractivity contribution in [2.75, 3.05) is 9.80 Å². The van der Waals surface area contributed by atoms with Crippen LogP contribution in [0.1, 0.15) is 36.1 Å². The molecule has 4 aromatic carbocycles. The molecule has 2 heterocycles. The number of anilines is 2. The minimum atomic E-state index is -0.344. The predicted octanol–water partition coefficient (Wildman–Crippen LogP) is 5.87. The SMILES string of the molecule is CC(C)(c1ccc(OC#N)cc1)c1ccc(OC#N)cc1.O=C1C=CC(=O)N1c1ccc(Cc2ccc(N3C(=O)C=CC3=O)cc2)cc1. The molecule has 0 bridgehead atoms. The fraction of sp³-hybridized carbons (Fsp3) is 0.105. The van der Waals surface area contributed by atoms with E-state index in [1.807, 2.05) is 48.5 Å². The van der Waals surface area contributed by atoms with E-state index in [4.69, 9.17) is 20.0 Å². The first-order valence-electron chi connectivity index (χ1n) is 14.7. The van der Waals surface area contributed by atoms with Gasteiger partial charge in [0, 0.05) is 29.7 Å². The average Bonchev–Trinajstić information content (AvgIpc) is 3.61. The van der Waals surface area contributed by atoms with Gasteiger partial charge in [-0.3, -0.25) is 19.2 Å². The van der Waals surface area contributed by atoms with Crippen molar-refractivity contribution >= 4 is 35.0 Å². The molecule has 48 heavy (non-hydrogen) atoms. The minimum absolute atomic E-state index is 0.212. The minimum Gasteiger partial charge on any atom is -0.388 e. The molecule has 6 rings (SSSR count). The van der Waals surface area contributed by atoms with Crippen LogP contribution < -0.4 is 19.3 Å². The molecule has 10 heteroatoms. The van der Waals surface area contributed by atoms with E-state index in [0.717, 1.165) is 32.1 Å². The lowest BCUT2D eigenvalue weighted by Gasteiger charge is -2.26. The first-order valence-corrected chi connectivity index (χ1v) is 14.7. The molecular weight excluding hydrogens is 608 g/mol. The fourth-order valence-electron chi connectivity index (χ4n) is 5.22. The Hall–Kier alpha value is -6.78. The second-order valence-corrected chi connectivity index (χ2v) is 11.3. The summed E-state index contributed by atoms with van der Waals surface area (Å²) in [6.45, 7) is 4.21. The fourth-order valence-corrected chi connectivity index (χ4v) is 5.22. The van der Waals surface area contributed by atoms with Crippen molar-refractivity contribution in [3.05, 3.63) is 144 Å². The summed E-state index contributed by atoms with van der Waals surface area (Å²) >= 11 is 0. The molecular formula is C38H28N4O6. The maximum atomic E-state index is 11.7. The van der Waals surface area contributed by atoms with Crippen molar-refractivity contribution in [3.8, 4) is 24.0 Å². The molecule has 0 radical (unpaired) electrons. The van der Waals surface area contributed by atoms with Crippen LogP contribution in [0.15, 0.2) is 121 Å². The molecule has 0 spiro atoms. The number of benzene rings is 4.